The van der Waals surface area contributed by atoms with Crippen molar-refractivity contribution in [2.24, 2.45) is 0 Å². The van der Waals surface area contributed by atoms with Crippen molar-refractivity contribution in [2.75, 3.05) is 0 Å². The molecule has 0 bridgehead atoms. The van der Waals surface area contributed by atoms with Crippen molar-refractivity contribution in [3.05, 3.63) is 47.2 Å². The number of benzene rings is 1. The van der Waals surface area contributed by atoms with Crippen LogP contribution in [0.1, 0.15) is 0 Å². The van der Waals surface area contributed by atoms with E-state index in [2.05, 4.69) is 46.2 Å². The number of fused-ring (bicyclic) bond motifs is 1. The molecule has 0 amide bonds. The van der Waals surface area contributed by atoms with Crippen LogP contribution in [0.5, 0.6) is 0 Å². The van der Waals surface area contributed by atoms with Gasteiger partial charge in [0.25, 0.3) is 0 Å². The molecule has 0 unspecified atom stereocenters. The van der Waals surface area contributed by atoms with E-state index in [0.29, 0.717) is 0 Å². The smallest absolute Gasteiger partial charge is 0.138 e. The van der Waals surface area contributed by atoms with E-state index in [1.165, 1.54) is 9.04 Å². The van der Waals surface area contributed by atoms with Gasteiger partial charge in [-0.3, -0.25) is 0 Å². The lowest BCUT2D eigenvalue weighted by Crippen LogP contribution is -1.70. The van der Waals surface area contributed by atoms with Crippen molar-refractivity contribution in [1.82, 2.24) is 4.98 Å². The average molecular weight is 219 g/mol. The van der Waals surface area contributed by atoms with E-state index < -0.39 is 0 Å². The van der Waals surface area contributed by atoms with Gasteiger partial charge in [0.15, 0.2) is 0 Å². The zero-order valence-electron chi connectivity index (χ0n) is 7.42. The summed E-state index contributed by atoms with van der Waals surface area (Å²) in [6.07, 6.45) is 4.22. The minimum atomic E-state index is -0.241. The molecular weight excluding hydrogens is 210 g/mol. The summed E-state index contributed by atoms with van der Waals surface area (Å²) in [7, 11) is -0.241. The lowest BCUT2D eigenvalue weighted by Gasteiger charge is -2.02. The molecular formula is C11H9NS2. The highest BCUT2D eigenvalue weighted by Crippen LogP contribution is 2.45. The molecule has 1 aliphatic rings. The highest BCUT2D eigenvalue weighted by molar-refractivity contribution is 8.23. The van der Waals surface area contributed by atoms with Gasteiger partial charge >= 0.3 is 0 Å². The summed E-state index contributed by atoms with van der Waals surface area (Å²) in [5.74, 6) is 0. The second-order valence-corrected chi connectivity index (χ2v) is 6.22. The monoisotopic (exact) mass is 219 g/mol. The highest BCUT2D eigenvalue weighted by Gasteiger charge is 2.08. The molecule has 0 spiro atoms. The summed E-state index contributed by atoms with van der Waals surface area (Å²) in [5.41, 5.74) is 1.13. The third-order valence-corrected chi connectivity index (χ3v) is 5.38. The molecule has 0 saturated heterocycles. The van der Waals surface area contributed by atoms with Gasteiger partial charge in [-0.25, -0.2) is 4.98 Å². The molecule has 3 rings (SSSR count). The van der Waals surface area contributed by atoms with Crippen LogP contribution in [-0.4, -0.2) is 4.98 Å². The number of aromatic nitrogens is 1. The van der Waals surface area contributed by atoms with Crippen LogP contribution in [0.15, 0.2) is 51.6 Å². The molecule has 1 aromatic carbocycles. The van der Waals surface area contributed by atoms with Crippen LogP contribution in [0.4, 0.5) is 0 Å². The first kappa shape index (κ1) is 8.26. The van der Waals surface area contributed by atoms with E-state index in [1.54, 1.807) is 0 Å². The van der Waals surface area contributed by atoms with E-state index in [0.717, 1.165) is 5.52 Å². The van der Waals surface area contributed by atoms with Gasteiger partial charge in [-0.1, -0.05) is 24.3 Å². The minimum Gasteiger partial charge on any atom is -0.231 e. The van der Waals surface area contributed by atoms with Crippen molar-refractivity contribution in [1.29, 1.82) is 0 Å². The standard InChI is InChI=1S/C11H9NS2/c1-2-6-10-9(5-1)12-11(13-10)14-7-3-4-8-14/h1-8,14H. The van der Waals surface area contributed by atoms with Crippen molar-refractivity contribution >= 4 is 32.4 Å². The van der Waals surface area contributed by atoms with Gasteiger partial charge in [0, 0.05) is 0 Å². The van der Waals surface area contributed by atoms with E-state index in [-0.39, 0.29) is 10.9 Å². The Morgan fingerprint density at radius 2 is 1.86 bits per heavy atom. The van der Waals surface area contributed by atoms with Crippen LogP contribution >= 0.6 is 22.2 Å². The molecule has 0 aliphatic carbocycles. The topological polar surface area (TPSA) is 12.9 Å². The molecule has 2 aromatic rings. The van der Waals surface area contributed by atoms with Crippen molar-refractivity contribution < 1.29 is 0 Å². The maximum absolute atomic E-state index is 4.64. The Bertz CT molecular complexity index is 480. The Kier molecular flexibility index (Phi) is 1.92. The van der Waals surface area contributed by atoms with Crippen molar-refractivity contribution in [3.8, 4) is 0 Å². The number of hydrogen-bond donors (Lipinski definition) is 1. The maximum Gasteiger partial charge on any atom is 0.138 e. The van der Waals surface area contributed by atoms with Gasteiger partial charge in [0.1, 0.15) is 4.34 Å². The lowest BCUT2D eigenvalue weighted by atomic mass is 10.3. The van der Waals surface area contributed by atoms with Gasteiger partial charge in [-0.05, 0) is 22.9 Å². The highest BCUT2D eigenvalue weighted by atomic mass is 32.2. The minimum absolute atomic E-state index is 0.241. The number of thiol groups is 1. The molecule has 0 radical (unpaired) electrons. The van der Waals surface area contributed by atoms with Crippen LogP contribution in [-0.2, 0) is 0 Å². The summed E-state index contributed by atoms with van der Waals surface area (Å²) in [4.78, 5) is 4.64. The predicted octanol–water partition coefficient (Wildman–Crippen LogP) is 3.70. The Labute approximate surface area is 89.1 Å². The Hall–Kier alpha value is -1.06. The molecule has 2 heterocycles. The zero-order valence-corrected chi connectivity index (χ0v) is 9.13. The van der Waals surface area contributed by atoms with Crippen LogP contribution in [0.25, 0.3) is 10.2 Å². The number of thiazole rings is 1. The van der Waals surface area contributed by atoms with Crippen LogP contribution in [0.2, 0.25) is 0 Å². The Morgan fingerprint density at radius 3 is 2.64 bits per heavy atom. The Morgan fingerprint density at radius 1 is 1.07 bits per heavy atom. The molecule has 0 fully saturated rings. The van der Waals surface area contributed by atoms with E-state index in [4.69, 9.17) is 0 Å². The quantitative estimate of drug-likeness (QED) is 0.722. The van der Waals surface area contributed by atoms with Gasteiger partial charge in [-0.15, -0.1) is 11.3 Å². The summed E-state index contributed by atoms with van der Waals surface area (Å²) >= 11 is 1.81. The fourth-order valence-corrected chi connectivity index (χ4v) is 4.37. The van der Waals surface area contributed by atoms with Crippen molar-refractivity contribution in [2.45, 2.75) is 4.34 Å². The summed E-state index contributed by atoms with van der Waals surface area (Å²) in [6.45, 7) is 0. The fraction of sp³-hybridized carbons (Fsp3) is 0. The zero-order chi connectivity index (χ0) is 9.38. The van der Waals surface area contributed by atoms with Gasteiger partial charge in [0.05, 0.1) is 10.2 Å². The first-order chi connectivity index (χ1) is 6.93. The number of para-hydroxylation sites is 1. The average Bonchev–Trinajstić information content (AvgIpc) is 2.86. The number of hydrogen-bond acceptors (Lipinski definition) is 2. The third-order valence-electron chi connectivity index (χ3n) is 2.11. The van der Waals surface area contributed by atoms with Crippen LogP contribution in [0.3, 0.4) is 0 Å². The molecule has 1 aliphatic heterocycles. The second kappa shape index (κ2) is 3.26. The molecule has 3 heteroatoms. The lowest BCUT2D eigenvalue weighted by molar-refractivity contribution is 1.31. The third kappa shape index (κ3) is 1.29. The van der Waals surface area contributed by atoms with Crippen molar-refractivity contribution in [3.63, 3.8) is 0 Å². The first-order valence-electron chi connectivity index (χ1n) is 4.42. The van der Waals surface area contributed by atoms with Gasteiger partial charge in [0.2, 0.25) is 0 Å². The van der Waals surface area contributed by atoms with Crippen LogP contribution < -0.4 is 0 Å². The molecule has 0 atom stereocenters. The SMILES string of the molecule is C1=C[SH](c2nc3ccccc3s2)C=C1. The van der Waals surface area contributed by atoms with E-state index >= 15 is 0 Å². The fourth-order valence-electron chi connectivity index (χ4n) is 1.43. The molecule has 1 nitrogen and oxygen atoms in total. The largest absolute Gasteiger partial charge is 0.231 e. The molecule has 70 valence electrons. The second-order valence-electron chi connectivity index (χ2n) is 3.05. The maximum atomic E-state index is 4.64. The normalized spacial score (nSPS) is 17.0. The molecule has 0 N–H and O–H groups in total. The number of rotatable bonds is 1. The summed E-state index contributed by atoms with van der Waals surface area (Å²) in [6, 6.07) is 8.32. The van der Waals surface area contributed by atoms with Gasteiger partial charge < -0.3 is 0 Å². The molecule has 1 aromatic heterocycles. The van der Waals surface area contributed by atoms with Crippen LogP contribution in [0, 0.1) is 0 Å². The Balaban J connectivity index is 2.14. The number of nitrogens with zero attached hydrogens (tertiary/aromatic N) is 1. The van der Waals surface area contributed by atoms with E-state index in [1.807, 2.05) is 17.4 Å². The summed E-state index contributed by atoms with van der Waals surface area (Å²) < 4.78 is 2.55. The van der Waals surface area contributed by atoms with Gasteiger partial charge in [-0.2, -0.15) is 10.9 Å². The number of allylic oxidation sites excluding steroid dienone is 2. The predicted molar refractivity (Wildman–Crippen MR) is 65.2 cm³/mol. The molecule has 14 heavy (non-hydrogen) atoms. The summed E-state index contributed by atoms with van der Waals surface area (Å²) in [5, 5.41) is 4.49. The molecule has 0 saturated carbocycles. The van der Waals surface area contributed by atoms with E-state index in [9.17, 15) is 0 Å². The first-order valence-corrected chi connectivity index (χ1v) is 6.72.